The second-order valence-corrected chi connectivity index (χ2v) is 3.67. The maximum Gasteiger partial charge on any atom is 0.233 e. The zero-order valence-corrected chi connectivity index (χ0v) is 9.99. The molecule has 1 rings (SSSR count). The van der Waals surface area contributed by atoms with Crippen LogP contribution in [-0.2, 0) is 17.9 Å². The summed E-state index contributed by atoms with van der Waals surface area (Å²) in [6, 6.07) is 0. The Kier molecular flexibility index (Phi) is 5.56. The molecule has 0 radical (unpaired) electrons. The van der Waals surface area contributed by atoms with Gasteiger partial charge in [0.1, 0.15) is 0 Å². The monoisotopic (exact) mass is 224 g/mol. The van der Waals surface area contributed by atoms with Crippen molar-refractivity contribution in [1.82, 2.24) is 20.4 Å². The number of nitrogens with one attached hydrogen (secondary N) is 2. The smallest absolute Gasteiger partial charge is 0.233 e. The minimum atomic E-state index is 0.0310. The van der Waals surface area contributed by atoms with E-state index in [4.69, 9.17) is 0 Å². The molecule has 0 aliphatic heterocycles. The molecule has 0 saturated heterocycles. The Morgan fingerprint density at radius 3 is 3.00 bits per heavy atom. The summed E-state index contributed by atoms with van der Waals surface area (Å²) in [5.74, 6) is 0.0310. The lowest BCUT2D eigenvalue weighted by Crippen LogP contribution is -2.33. The van der Waals surface area contributed by atoms with Crippen LogP contribution < -0.4 is 10.6 Å². The molecular formula is C11H20N4O. The second kappa shape index (κ2) is 7.00. The Morgan fingerprint density at radius 2 is 2.31 bits per heavy atom. The minimum absolute atomic E-state index is 0.0310. The van der Waals surface area contributed by atoms with E-state index in [0.717, 1.165) is 18.5 Å². The van der Waals surface area contributed by atoms with E-state index < -0.39 is 0 Å². The standard InChI is InChI=1S/C11H20N4O/c1-3-5-15-9-10(7-14-15)6-12-8-11(16)13-4-2/h7,9,12H,3-6,8H2,1-2H3,(H,13,16). The Hall–Kier alpha value is -1.36. The molecule has 1 heterocycles. The average molecular weight is 224 g/mol. The molecule has 0 aromatic carbocycles. The predicted octanol–water partition coefficient (Wildman–Crippen LogP) is 0.519. The quantitative estimate of drug-likeness (QED) is 0.710. The SMILES string of the molecule is CCCn1cc(CNCC(=O)NCC)cn1. The van der Waals surface area contributed by atoms with Crippen molar-refractivity contribution in [3.63, 3.8) is 0 Å². The highest BCUT2D eigenvalue weighted by molar-refractivity contribution is 5.77. The van der Waals surface area contributed by atoms with Crippen molar-refractivity contribution in [3.05, 3.63) is 18.0 Å². The molecule has 5 nitrogen and oxygen atoms in total. The summed E-state index contributed by atoms with van der Waals surface area (Å²) >= 11 is 0. The number of aryl methyl sites for hydroxylation is 1. The topological polar surface area (TPSA) is 59.0 Å². The third-order valence-corrected chi connectivity index (χ3v) is 2.13. The highest BCUT2D eigenvalue weighted by atomic mass is 16.1. The van der Waals surface area contributed by atoms with Crippen molar-refractivity contribution in [2.75, 3.05) is 13.1 Å². The van der Waals surface area contributed by atoms with Crippen LogP contribution >= 0.6 is 0 Å². The summed E-state index contributed by atoms with van der Waals surface area (Å²) in [4.78, 5) is 11.1. The van der Waals surface area contributed by atoms with Crippen LogP contribution in [0.4, 0.5) is 0 Å². The van der Waals surface area contributed by atoms with E-state index in [1.807, 2.05) is 24.0 Å². The van der Waals surface area contributed by atoms with Gasteiger partial charge in [0.15, 0.2) is 0 Å². The normalized spacial score (nSPS) is 10.4. The van der Waals surface area contributed by atoms with Gasteiger partial charge in [0.05, 0.1) is 12.7 Å². The zero-order valence-electron chi connectivity index (χ0n) is 9.99. The molecule has 90 valence electrons. The van der Waals surface area contributed by atoms with Gasteiger partial charge in [0.2, 0.25) is 5.91 Å². The van der Waals surface area contributed by atoms with E-state index in [1.165, 1.54) is 0 Å². The predicted molar refractivity (Wildman–Crippen MR) is 62.9 cm³/mol. The molecule has 0 saturated carbocycles. The Morgan fingerprint density at radius 1 is 1.50 bits per heavy atom. The van der Waals surface area contributed by atoms with E-state index in [1.54, 1.807) is 0 Å². The highest BCUT2D eigenvalue weighted by Crippen LogP contribution is 1.97. The number of carbonyl (C=O) groups excluding carboxylic acids is 1. The third-order valence-electron chi connectivity index (χ3n) is 2.13. The molecule has 0 spiro atoms. The van der Waals surface area contributed by atoms with Crippen LogP contribution in [0.5, 0.6) is 0 Å². The van der Waals surface area contributed by atoms with Crippen molar-refractivity contribution < 1.29 is 4.79 Å². The third kappa shape index (κ3) is 4.44. The largest absolute Gasteiger partial charge is 0.355 e. The van der Waals surface area contributed by atoms with Gasteiger partial charge >= 0.3 is 0 Å². The molecule has 0 fully saturated rings. The lowest BCUT2D eigenvalue weighted by molar-refractivity contribution is -0.120. The van der Waals surface area contributed by atoms with Gasteiger partial charge in [-0.2, -0.15) is 5.10 Å². The molecule has 0 bridgehead atoms. The fourth-order valence-corrected chi connectivity index (χ4v) is 1.43. The van der Waals surface area contributed by atoms with E-state index in [-0.39, 0.29) is 5.91 Å². The number of amides is 1. The van der Waals surface area contributed by atoms with Gasteiger partial charge in [-0.05, 0) is 13.3 Å². The van der Waals surface area contributed by atoms with Gasteiger partial charge < -0.3 is 10.6 Å². The zero-order chi connectivity index (χ0) is 11.8. The van der Waals surface area contributed by atoms with Crippen LogP contribution in [0.2, 0.25) is 0 Å². The number of likely N-dealkylation sites (N-methyl/N-ethyl adjacent to an activating group) is 1. The van der Waals surface area contributed by atoms with Crippen molar-refractivity contribution in [3.8, 4) is 0 Å². The Labute approximate surface area is 96.2 Å². The summed E-state index contributed by atoms with van der Waals surface area (Å²) in [6.07, 6.45) is 4.92. The first-order valence-corrected chi connectivity index (χ1v) is 5.75. The van der Waals surface area contributed by atoms with Crippen molar-refractivity contribution >= 4 is 5.91 Å². The highest BCUT2D eigenvalue weighted by Gasteiger charge is 2.00. The average Bonchev–Trinajstić information content (AvgIpc) is 2.67. The first-order valence-electron chi connectivity index (χ1n) is 5.75. The lowest BCUT2D eigenvalue weighted by atomic mass is 10.3. The van der Waals surface area contributed by atoms with Gasteiger partial charge in [0, 0.05) is 31.4 Å². The lowest BCUT2D eigenvalue weighted by Gasteiger charge is -2.02. The summed E-state index contributed by atoms with van der Waals surface area (Å²) in [6.45, 7) is 6.68. The number of rotatable bonds is 7. The van der Waals surface area contributed by atoms with E-state index in [9.17, 15) is 4.79 Å². The number of carbonyl (C=O) groups is 1. The molecule has 1 aromatic heterocycles. The maximum atomic E-state index is 11.1. The van der Waals surface area contributed by atoms with E-state index in [0.29, 0.717) is 19.6 Å². The number of aromatic nitrogens is 2. The summed E-state index contributed by atoms with van der Waals surface area (Å²) in [5.41, 5.74) is 1.11. The Bertz CT molecular complexity index is 322. The van der Waals surface area contributed by atoms with Crippen LogP contribution in [0.25, 0.3) is 0 Å². The van der Waals surface area contributed by atoms with Gasteiger partial charge in [-0.15, -0.1) is 0 Å². The van der Waals surface area contributed by atoms with E-state index >= 15 is 0 Å². The van der Waals surface area contributed by atoms with Crippen LogP contribution in [0, 0.1) is 0 Å². The molecule has 16 heavy (non-hydrogen) atoms. The number of hydrogen-bond acceptors (Lipinski definition) is 3. The molecule has 0 atom stereocenters. The summed E-state index contributed by atoms with van der Waals surface area (Å²) in [5, 5.41) is 10.0. The van der Waals surface area contributed by atoms with Crippen molar-refractivity contribution in [2.45, 2.75) is 33.4 Å². The molecule has 1 aromatic rings. The molecule has 5 heteroatoms. The van der Waals surface area contributed by atoms with Gasteiger partial charge in [-0.25, -0.2) is 0 Å². The van der Waals surface area contributed by atoms with E-state index in [2.05, 4.69) is 22.7 Å². The molecule has 0 aliphatic rings. The van der Waals surface area contributed by atoms with Crippen molar-refractivity contribution in [1.29, 1.82) is 0 Å². The molecule has 0 aliphatic carbocycles. The van der Waals surface area contributed by atoms with Gasteiger partial charge in [-0.1, -0.05) is 6.92 Å². The van der Waals surface area contributed by atoms with Crippen LogP contribution in [0.15, 0.2) is 12.4 Å². The molecule has 1 amide bonds. The van der Waals surface area contributed by atoms with Crippen molar-refractivity contribution in [2.24, 2.45) is 0 Å². The molecule has 0 unspecified atom stereocenters. The molecule has 2 N–H and O–H groups in total. The van der Waals surface area contributed by atoms with Crippen LogP contribution in [0.1, 0.15) is 25.8 Å². The molecular weight excluding hydrogens is 204 g/mol. The van der Waals surface area contributed by atoms with Gasteiger partial charge in [-0.3, -0.25) is 9.48 Å². The first-order chi connectivity index (χ1) is 7.76. The number of hydrogen-bond donors (Lipinski definition) is 2. The van der Waals surface area contributed by atoms with Crippen LogP contribution in [-0.4, -0.2) is 28.8 Å². The van der Waals surface area contributed by atoms with Crippen LogP contribution in [0.3, 0.4) is 0 Å². The second-order valence-electron chi connectivity index (χ2n) is 3.67. The van der Waals surface area contributed by atoms with Gasteiger partial charge in [0.25, 0.3) is 0 Å². The fraction of sp³-hybridized carbons (Fsp3) is 0.636. The summed E-state index contributed by atoms with van der Waals surface area (Å²) in [7, 11) is 0. The number of nitrogens with zero attached hydrogens (tertiary/aromatic N) is 2. The first kappa shape index (κ1) is 12.7. The fourth-order valence-electron chi connectivity index (χ4n) is 1.43. The maximum absolute atomic E-state index is 11.1. The summed E-state index contributed by atoms with van der Waals surface area (Å²) < 4.78 is 1.92. The Balaban J connectivity index is 2.23. The minimum Gasteiger partial charge on any atom is -0.355 e.